The van der Waals surface area contributed by atoms with Gasteiger partial charge in [0.05, 0.1) is 36.6 Å². The molecule has 0 amide bonds. The van der Waals surface area contributed by atoms with E-state index in [1.54, 1.807) is 0 Å². The molecule has 21 atom stereocenters. The van der Waals surface area contributed by atoms with E-state index >= 15 is 0 Å². The molecule has 2 saturated heterocycles. The number of hydrogen-bond acceptors (Lipinski definition) is 13. The highest BCUT2D eigenvalue weighted by molar-refractivity contribution is 5.22. The summed E-state index contributed by atoms with van der Waals surface area (Å²) < 4.78 is 25.1. The maximum Gasteiger partial charge on any atom is 0.187 e. The molecule has 0 aromatic rings. The van der Waals surface area contributed by atoms with E-state index in [4.69, 9.17) is 18.9 Å². The fourth-order valence-corrected chi connectivity index (χ4v) is 13.3. The Morgan fingerprint density at radius 3 is 2.13 bits per heavy atom. The van der Waals surface area contributed by atoms with Crippen molar-refractivity contribution in [2.45, 2.75) is 199 Å². The molecule has 2 aliphatic heterocycles. The number of allylic oxidation sites excluding steroid dienone is 2. The lowest BCUT2D eigenvalue weighted by molar-refractivity contribution is -0.382. The van der Waals surface area contributed by atoms with Crippen LogP contribution >= 0.6 is 0 Å². The molecular formula is C42H72O13. The predicted molar refractivity (Wildman–Crippen MR) is 201 cm³/mol. The molecule has 0 aromatic carbocycles. The van der Waals surface area contributed by atoms with E-state index in [0.29, 0.717) is 32.1 Å². The number of hydrogen-bond donors (Lipinski definition) is 9. The third-order valence-electron chi connectivity index (χ3n) is 16.5. The average Bonchev–Trinajstić information content (AvgIpc) is 3.49. The van der Waals surface area contributed by atoms with E-state index in [1.807, 2.05) is 20.8 Å². The summed E-state index contributed by atoms with van der Waals surface area (Å²) in [5, 5.41) is 100. The molecule has 2 heterocycles. The summed E-state index contributed by atoms with van der Waals surface area (Å²) in [6.45, 7) is 17.8. The number of rotatable bonds is 9. The van der Waals surface area contributed by atoms with Gasteiger partial charge in [0.15, 0.2) is 12.6 Å². The second kappa shape index (κ2) is 15.4. The summed E-state index contributed by atoms with van der Waals surface area (Å²) in [5.41, 5.74) is -1.71. The smallest absolute Gasteiger partial charge is 0.187 e. The Morgan fingerprint density at radius 2 is 1.49 bits per heavy atom. The first kappa shape index (κ1) is 43.8. The van der Waals surface area contributed by atoms with Gasteiger partial charge in [-0.25, -0.2) is 0 Å². The first-order chi connectivity index (χ1) is 25.5. The lowest BCUT2D eigenvalue weighted by Crippen LogP contribution is -2.71. The van der Waals surface area contributed by atoms with E-state index in [9.17, 15) is 46.0 Å². The molecule has 318 valence electrons. The van der Waals surface area contributed by atoms with Gasteiger partial charge in [0, 0.05) is 0 Å². The molecule has 4 saturated carbocycles. The minimum absolute atomic E-state index is 0.0411. The quantitative estimate of drug-likeness (QED) is 0.121. The van der Waals surface area contributed by atoms with E-state index in [0.717, 1.165) is 19.3 Å². The molecule has 0 spiro atoms. The van der Waals surface area contributed by atoms with Gasteiger partial charge in [-0.1, -0.05) is 46.3 Å². The third-order valence-corrected chi connectivity index (χ3v) is 16.5. The van der Waals surface area contributed by atoms with Crippen molar-refractivity contribution >= 4 is 0 Å². The highest BCUT2D eigenvalue weighted by Crippen LogP contribution is 2.76. The van der Waals surface area contributed by atoms with Crippen molar-refractivity contribution in [3.63, 3.8) is 0 Å². The number of aliphatic hydroxyl groups is 9. The molecule has 4 aliphatic carbocycles. The lowest BCUT2D eigenvalue weighted by atomic mass is 9.34. The van der Waals surface area contributed by atoms with Crippen molar-refractivity contribution in [1.29, 1.82) is 0 Å². The zero-order chi connectivity index (χ0) is 40.8. The van der Waals surface area contributed by atoms with Gasteiger partial charge in [0.1, 0.15) is 42.7 Å². The summed E-state index contributed by atoms with van der Waals surface area (Å²) in [6.07, 6.45) is -8.99. The molecule has 55 heavy (non-hydrogen) atoms. The molecule has 6 fully saturated rings. The van der Waals surface area contributed by atoms with E-state index in [-0.39, 0.29) is 23.7 Å². The fraction of sp³-hybridized carbons (Fsp3) is 0.952. The molecule has 13 nitrogen and oxygen atoms in total. The van der Waals surface area contributed by atoms with Crippen LogP contribution in [0.25, 0.3) is 0 Å². The second-order valence-electron chi connectivity index (χ2n) is 20.3. The molecule has 6 aliphatic rings. The van der Waals surface area contributed by atoms with Crippen LogP contribution in [0.3, 0.4) is 0 Å². The van der Waals surface area contributed by atoms with Gasteiger partial charge in [-0.15, -0.1) is 0 Å². The van der Waals surface area contributed by atoms with Gasteiger partial charge in [-0.3, -0.25) is 0 Å². The van der Waals surface area contributed by atoms with Crippen molar-refractivity contribution < 1.29 is 64.9 Å². The largest absolute Gasteiger partial charge is 0.394 e. The highest BCUT2D eigenvalue weighted by Gasteiger charge is 2.73. The van der Waals surface area contributed by atoms with Gasteiger partial charge in [0.25, 0.3) is 0 Å². The van der Waals surface area contributed by atoms with E-state index < -0.39 is 114 Å². The average molecular weight is 785 g/mol. The van der Waals surface area contributed by atoms with Crippen LogP contribution in [0.15, 0.2) is 11.6 Å². The van der Waals surface area contributed by atoms with Crippen molar-refractivity contribution in [2.75, 3.05) is 6.61 Å². The van der Waals surface area contributed by atoms with E-state index in [2.05, 4.69) is 40.7 Å². The highest BCUT2D eigenvalue weighted by atomic mass is 16.8. The Balaban J connectivity index is 1.38. The zero-order valence-electron chi connectivity index (χ0n) is 34.4. The standard InChI is InChI=1S/C42H72O13/c1-20(2)11-10-14-42(9,51)22-12-16-40(7)28(22)23(44)17-26-39(6)15-13-27(45)38(4,5)35(39)24(18-41(26,40)8)53-37-34(32(49)30(47)25(19-43)54-37)55-36-33(50)31(48)29(46)21(3)52-36/h11,21-37,43-51H,10,12-19H2,1-9H3/t21-,22+,23+,24-,25+,26+,27-,28-,29-,30+,31+,32-,33+,34+,35+,36-,37+,39+,40+,41+,42-/m0/s1. The first-order valence-electron chi connectivity index (χ1n) is 20.8. The molecule has 9 N–H and O–H groups in total. The maximum absolute atomic E-state index is 12.3. The van der Waals surface area contributed by atoms with Gasteiger partial charge >= 0.3 is 0 Å². The number of ether oxygens (including phenoxy) is 4. The van der Waals surface area contributed by atoms with Gasteiger partial charge in [0.2, 0.25) is 0 Å². The SMILES string of the molecule is CC(C)=CCC[C@](C)(O)[C@@H]1CC[C@]2(C)[C@@H]1[C@H](O)C[C@@H]1[C@@]3(C)CC[C@H](O)C(C)(C)[C@H]3[C@@H](O[C@@H]3O[C@H](CO)[C@@H](O)[C@H](O)[C@H]3O[C@@H]3O[C@@H](C)[C@H](O)[C@@H](O)[C@H]3O)C[C@]12C. The molecular weight excluding hydrogens is 712 g/mol. The van der Waals surface area contributed by atoms with Crippen LogP contribution in [0.1, 0.15) is 114 Å². The van der Waals surface area contributed by atoms with E-state index in [1.165, 1.54) is 12.5 Å². The van der Waals surface area contributed by atoms with Crippen LogP contribution in [-0.2, 0) is 18.9 Å². The lowest BCUT2D eigenvalue weighted by Gasteiger charge is -2.72. The molecule has 13 heteroatoms. The monoisotopic (exact) mass is 784 g/mol. The first-order valence-corrected chi connectivity index (χ1v) is 20.8. The van der Waals surface area contributed by atoms with Gasteiger partial charge < -0.3 is 64.9 Å². The molecule has 0 aromatic heterocycles. The topological polar surface area (TPSA) is 219 Å². The molecule has 0 radical (unpaired) electrons. The van der Waals surface area contributed by atoms with Crippen molar-refractivity contribution in [2.24, 2.45) is 45.3 Å². The number of fused-ring (bicyclic) bond motifs is 5. The Hall–Kier alpha value is -0.780. The summed E-state index contributed by atoms with van der Waals surface area (Å²) in [5.74, 6) is -0.526. The van der Waals surface area contributed by atoms with Crippen LogP contribution in [-0.4, -0.2) is 138 Å². The van der Waals surface area contributed by atoms with Crippen molar-refractivity contribution in [3.8, 4) is 0 Å². The Labute approximate surface area is 327 Å². The minimum Gasteiger partial charge on any atom is -0.394 e. The Bertz CT molecular complexity index is 1390. The van der Waals surface area contributed by atoms with Crippen LogP contribution in [0.4, 0.5) is 0 Å². The normalized spacial score (nSPS) is 53.4. The fourth-order valence-electron chi connectivity index (χ4n) is 13.3. The van der Waals surface area contributed by atoms with Gasteiger partial charge in [-0.2, -0.15) is 0 Å². The minimum atomic E-state index is -1.70. The maximum atomic E-state index is 12.3. The summed E-state index contributed by atoms with van der Waals surface area (Å²) >= 11 is 0. The van der Waals surface area contributed by atoms with Crippen molar-refractivity contribution in [1.82, 2.24) is 0 Å². The molecule has 0 bridgehead atoms. The van der Waals surface area contributed by atoms with Gasteiger partial charge in [-0.05, 0) is 124 Å². The van der Waals surface area contributed by atoms with Crippen LogP contribution in [0.5, 0.6) is 0 Å². The second-order valence-corrected chi connectivity index (χ2v) is 20.3. The summed E-state index contributed by atoms with van der Waals surface area (Å²) in [7, 11) is 0. The third kappa shape index (κ3) is 7.10. The Morgan fingerprint density at radius 1 is 0.818 bits per heavy atom. The van der Waals surface area contributed by atoms with Crippen LogP contribution < -0.4 is 0 Å². The predicted octanol–water partition coefficient (Wildman–Crippen LogP) is 2.15. The summed E-state index contributed by atoms with van der Waals surface area (Å²) in [4.78, 5) is 0. The number of aliphatic hydroxyl groups excluding tert-OH is 8. The zero-order valence-corrected chi connectivity index (χ0v) is 34.4. The van der Waals surface area contributed by atoms with Crippen molar-refractivity contribution in [3.05, 3.63) is 11.6 Å². The summed E-state index contributed by atoms with van der Waals surface area (Å²) in [6, 6.07) is 0. The Kier molecular flexibility index (Phi) is 12.2. The molecule has 6 rings (SSSR count). The van der Waals surface area contributed by atoms with Crippen LogP contribution in [0.2, 0.25) is 0 Å². The molecule has 0 unspecified atom stereocenters. The van der Waals surface area contributed by atoms with Crippen LogP contribution in [0, 0.1) is 45.3 Å².